The lowest BCUT2D eigenvalue weighted by Crippen LogP contribution is -1.95. The van der Waals surface area contributed by atoms with E-state index in [1.807, 2.05) is 36.4 Å². The van der Waals surface area contributed by atoms with Gasteiger partial charge in [0, 0.05) is 10.6 Å². The molecule has 0 radical (unpaired) electrons. The van der Waals surface area contributed by atoms with Gasteiger partial charge in [0.2, 0.25) is 0 Å². The quantitative estimate of drug-likeness (QED) is 0.623. The van der Waals surface area contributed by atoms with Crippen LogP contribution in [0.25, 0.3) is 0 Å². The van der Waals surface area contributed by atoms with Gasteiger partial charge in [-0.25, -0.2) is 0 Å². The van der Waals surface area contributed by atoms with Crippen molar-refractivity contribution in [3.8, 4) is 0 Å². The molecule has 2 aromatic rings. The van der Waals surface area contributed by atoms with Crippen molar-refractivity contribution in [2.45, 2.75) is 4.90 Å². The lowest BCUT2D eigenvalue weighted by Gasteiger charge is -2.09. The molecule has 2 rings (SSSR count). The highest BCUT2D eigenvalue weighted by molar-refractivity contribution is 7.98. The van der Waals surface area contributed by atoms with Crippen LogP contribution in [-0.2, 0) is 0 Å². The van der Waals surface area contributed by atoms with Crippen LogP contribution in [0, 0.1) is 0 Å². The van der Waals surface area contributed by atoms with Crippen LogP contribution in [0.5, 0.6) is 0 Å². The van der Waals surface area contributed by atoms with Gasteiger partial charge in [-0.05, 0) is 36.6 Å². The monoisotopic (exact) mass is 230 g/mol. The summed E-state index contributed by atoms with van der Waals surface area (Å²) < 4.78 is 0. The molecule has 3 heteroatoms. The molecular formula is C13H14N2S. The van der Waals surface area contributed by atoms with Gasteiger partial charge in [0.25, 0.3) is 0 Å². The van der Waals surface area contributed by atoms with Crippen LogP contribution in [0.1, 0.15) is 0 Å². The van der Waals surface area contributed by atoms with Crippen molar-refractivity contribution < 1.29 is 0 Å². The van der Waals surface area contributed by atoms with Crippen molar-refractivity contribution >= 4 is 28.8 Å². The molecule has 0 heterocycles. The van der Waals surface area contributed by atoms with E-state index in [0.717, 1.165) is 17.1 Å². The fourth-order valence-electron chi connectivity index (χ4n) is 1.47. The van der Waals surface area contributed by atoms with Gasteiger partial charge in [-0.3, -0.25) is 0 Å². The van der Waals surface area contributed by atoms with Crippen LogP contribution in [0.2, 0.25) is 0 Å². The standard InChI is InChI=1S/C13H14N2S/c1-16-11-6-4-5-10(9-11)15-13-8-3-2-7-12(13)14/h2-9,15H,14H2,1H3. The molecule has 0 aliphatic carbocycles. The number of para-hydroxylation sites is 2. The molecule has 0 atom stereocenters. The molecule has 3 N–H and O–H groups in total. The van der Waals surface area contributed by atoms with Crippen molar-refractivity contribution in [1.82, 2.24) is 0 Å². The van der Waals surface area contributed by atoms with Gasteiger partial charge in [0.1, 0.15) is 0 Å². The van der Waals surface area contributed by atoms with E-state index in [1.54, 1.807) is 11.8 Å². The van der Waals surface area contributed by atoms with Crippen LogP contribution in [-0.4, -0.2) is 6.26 Å². The van der Waals surface area contributed by atoms with Gasteiger partial charge in [-0.15, -0.1) is 11.8 Å². The smallest absolute Gasteiger partial charge is 0.0617 e. The SMILES string of the molecule is CSc1cccc(Nc2ccccc2N)c1. The van der Waals surface area contributed by atoms with Crippen LogP contribution in [0.15, 0.2) is 53.4 Å². The Balaban J connectivity index is 2.24. The van der Waals surface area contributed by atoms with Crippen molar-refractivity contribution in [3.63, 3.8) is 0 Å². The number of nitrogen functional groups attached to an aromatic ring is 1. The van der Waals surface area contributed by atoms with E-state index in [1.165, 1.54) is 4.90 Å². The Kier molecular flexibility index (Phi) is 3.37. The van der Waals surface area contributed by atoms with E-state index in [9.17, 15) is 0 Å². The number of benzene rings is 2. The molecular weight excluding hydrogens is 216 g/mol. The average molecular weight is 230 g/mol. The summed E-state index contributed by atoms with van der Waals surface area (Å²) in [6.45, 7) is 0. The molecule has 0 spiro atoms. The van der Waals surface area contributed by atoms with Crippen LogP contribution >= 0.6 is 11.8 Å². The minimum atomic E-state index is 0.761. The topological polar surface area (TPSA) is 38.0 Å². The van der Waals surface area contributed by atoms with Crippen molar-refractivity contribution in [2.24, 2.45) is 0 Å². The summed E-state index contributed by atoms with van der Waals surface area (Å²) in [4.78, 5) is 1.24. The van der Waals surface area contributed by atoms with Crippen molar-refractivity contribution in [1.29, 1.82) is 0 Å². The van der Waals surface area contributed by atoms with Gasteiger partial charge < -0.3 is 11.1 Å². The Labute approximate surface area is 99.9 Å². The summed E-state index contributed by atoms with van der Waals surface area (Å²) in [5, 5.41) is 3.31. The number of hydrogen-bond donors (Lipinski definition) is 2. The maximum Gasteiger partial charge on any atom is 0.0617 e. The molecule has 0 fully saturated rings. The molecule has 82 valence electrons. The molecule has 0 bridgehead atoms. The van der Waals surface area contributed by atoms with Gasteiger partial charge in [0.05, 0.1) is 11.4 Å². The summed E-state index contributed by atoms with van der Waals surface area (Å²) in [7, 11) is 0. The third kappa shape index (κ3) is 2.49. The highest BCUT2D eigenvalue weighted by atomic mass is 32.2. The maximum absolute atomic E-state index is 5.87. The molecule has 0 unspecified atom stereocenters. The zero-order chi connectivity index (χ0) is 11.4. The third-order valence-electron chi connectivity index (χ3n) is 2.31. The number of thioether (sulfide) groups is 1. The Morgan fingerprint density at radius 1 is 1.06 bits per heavy atom. The molecule has 0 aliphatic heterocycles. The minimum Gasteiger partial charge on any atom is -0.397 e. The van der Waals surface area contributed by atoms with E-state index in [2.05, 4.69) is 23.7 Å². The predicted octanol–water partition coefficient (Wildman–Crippen LogP) is 3.73. The number of hydrogen-bond acceptors (Lipinski definition) is 3. The summed E-state index contributed by atoms with van der Waals surface area (Å²) >= 11 is 1.73. The first-order valence-electron chi connectivity index (χ1n) is 5.05. The maximum atomic E-state index is 5.87. The Bertz CT molecular complexity index is 483. The highest BCUT2D eigenvalue weighted by Crippen LogP contribution is 2.25. The largest absolute Gasteiger partial charge is 0.397 e. The number of nitrogens with one attached hydrogen (secondary N) is 1. The average Bonchev–Trinajstić information content (AvgIpc) is 2.32. The predicted molar refractivity (Wildman–Crippen MR) is 72.4 cm³/mol. The number of rotatable bonds is 3. The van der Waals surface area contributed by atoms with Gasteiger partial charge in [0.15, 0.2) is 0 Å². The minimum absolute atomic E-state index is 0.761. The lowest BCUT2D eigenvalue weighted by atomic mass is 10.2. The van der Waals surface area contributed by atoms with Crippen LogP contribution in [0.3, 0.4) is 0 Å². The zero-order valence-electron chi connectivity index (χ0n) is 9.10. The molecule has 0 aliphatic rings. The normalized spacial score (nSPS) is 10.1. The Morgan fingerprint density at radius 3 is 2.62 bits per heavy atom. The third-order valence-corrected chi connectivity index (χ3v) is 3.03. The lowest BCUT2D eigenvalue weighted by molar-refractivity contribution is 1.44. The van der Waals surface area contributed by atoms with Crippen LogP contribution < -0.4 is 11.1 Å². The Hall–Kier alpha value is -1.61. The molecule has 0 aromatic heterocycles. The summed E-state index contributed by atoms with van der Waals surface area (Å²) in [5.74, 6) is 0. The molecule has 2 nitrogen and oxygen atoms in total. The first-order valence-corrected chi connectivity index (χ1v) is 6.27. The zero-order valence-corrected chi connectivity index (χ0v) is 9.92. The molecule has 0 amide bonds. The molecule has 0 saturated heterocycles. The number of nitrogens with two attached hydrogens (primary N) is 1. The highest BCUT2D eigenvalue weighted by Gasteiger charge is 1.98. The first kappa shape index (κ1) is 10.9. The first-order chi connectivity index (χ1) is 7.79. The van der Waals surface area contributed by atoms with Crippen LogP contribution in [0.4, 0.5) is 17.1 Å². The van der Waals surface area contributed by atoms with E-state index < -0.39 is 0 Å². The van der Waals surface area contributed by atoms with E-state index >= 15 is 0 Å². The second kappa shape index (κ2) is 4.94. The molecule has 16 heavy (non-hydrogen) atoms. The summed E-state index contributed by atoms with van der Waals surface area (Å²) in [6.07, 6.45) is 2.07. The second-order valence-electron chi connectivity index (χ2n) is 3.44. The fourth-order valence-corrected chi connectivity index (χ4v) is 1.93. The number of anilines is 3. The van der Waals surface area contributed by atoms with E-state index in [4.69, 9.17) is 5.73 Å². The van der Waals surface area contributed by atoms with Crippen molar-refractivity contribution in [2.75, 3.05) is 17.3 Å². The Morgan fingerprint density at radius 2 is 1.88 bits per heavy atom. The van der Waals surface area contributed by atoms with Gasteiger partial charge in [-0.2, -0.15) is 0 Å². The van der Waals surface area contributed by atoms with Crippen molar-refractivity contribution in [3.05, 3.63) is 48.5 Å². The summed E-state index contributed by atoms with van der Waals surface area (Å²) in [5.41, 5.74) is 8.64. The summed E-state index contributed by atoms with van der Waals surface area (Å²) in [6, 6.07) is 16.0. The van der Waals surface area contributed by atoms with Gasteiger partial charge in [-0.1, -0.05) is 18.2 Å². The molecule has 2 aromatic carbocycles. The second-order valence-corrected chi connectivity index (χ2v) is 4.32. The fraction of sp³-hybridized carbons (Fsp3) is 0.0769. The van der Waals surface area contributed by atoms with E-state index in [-0.39, 0.29) is 0 Å². The van der Waals surface area contributed by atoms with Gasteiger partial charge >= 0.3 is 0 Å². The van der Waals surface area contributed by atoms with E-state index in [0.29, 0.717) is 0 Å². The molecule has 0 saturated carbocycles.